The van der Waals surface area contributed by atoms with Crippen LogP contribution in [-0.4, -0.2) is 25.7 Å². The molecule has 0 bridgehead atoms. The van der Waals surface area contributed by atoms with Crippen LogP contribution in [0.2, 0.25) is 0 Å². The summed E-state index contributed by atoms with van der Waals surface area (Å²) >= 11 is 0. The summed E-state index contributed by atoms with van der Waals surface area (Å²) in [5, 5.41) is 10.7. The Hall–Kier alpha value is -1.41. The average Bonchev–Trinajstić information content (AvgIpc) is 2.36. The minimum absolute atomic E-state index is 0.0786. The average molecular weight is 340 g/mol. The van der Waals surface area contributed by atoms with Crippen LogP contribution in [0.1, 0.15) is 25.7 Å². The maximum absolute atomic E-state index is 13.0. The van der Waals surface area contributed by atoms with Gasteiger partial charge in [-0.3, -0.25) is 10.1 Å². The predicted octanol–water partition coefficient (Wildman–Crippen LogP) is 3.24. The number of hydrogen-bond acceptors (Lipinski definition) is 5. The Balaban J connectivity index is 2.33. The summed E-state index contributed by atoms with van der Waals surface area (Å²) in [5.74, 6) is -0.795. The predicted molar refractivity (Wildman–Crippen MR) is 76.7 cm³/mol. The van der Waals surface area contributed by atoms with Gasteiger partial charge < -0.3 is 4.74 Å². The zero-order valence-corrected chi connectivity index (χ0v) is 12.7. The highest BCUT2D eigenvalue weighted by molar-refractivity contribution is 8.13. The van der Waals surface area contributed by atoms with Crippen LogP contribution in [0.15, 0.2) is 18.2 Å². The van der Waals surface area contributed by atoms with Crippen LogP contribution in [0.4, 0.5) is 10.1 Å². The molecule has 0 fully saturated rings. The number of unbranched alkanes of at least 4 members (excludes halogenated alkanes) is 3. The Morgan fingerprint density at radius 3 is 2.52 bits per heavy atom. The quantitative estimate of drug-likeness (QED) is 0.298. The smallest absolute Gasteiger partial charge is 0.311 e. The Labute approximate surface area is 126 Å². The van der Waals surface area contributed by atoms with Crippen LogP contribution in [0.5, 0.6) is 5.75 Å². The molecular formula is C12H15ClFNO5S. The Kier molecular flexibility index (Phi) is 6.83. The van der Waals surface area contributed by atoms with E-state index in [1.165, 1.54) is 0 Å². The number of rotatable bonds is 9. The third kappa shape index (κ3) is 7.24. The van der Waals surface area contributed by atoms with E-state index < -0.39 is 19.8 Å². The van der Waals surface area contributed by atoms with Gasteiger partial charge in [0.05, 0.1) is 17.3 Å². The molecule has 0 unspecified atom stereocenters. The minimum atomic E-state index is -3.46. The van der Waals surface area contributed by atoms with Gasteiger partial charge in [0.2, 0.25) is 9.05 Å². The summed E-state index contributed by atoms with van der Waals surface area (Å²) < 4.78 is 39.6. The van der Waals surface area contributed by atoms with Crippen molar-refractivity contribution >= 4 is 25.4 Å². The summed E-state index contributed by atoms with van der Waals surface area (Å²) in [6.45, 7) is 0.192. The van der Waals surface area contributed by atoms with Gasteiger partial charge in [-0.15, -0.1) is 0 Å². The van der Waals surface area contributed by atoms with Crippen molar-refractivity contribution in [2.75, 3.05) is 12.4 Å². The summed E-state index contributed by atoms with van der Waals surface area (Å²) in [5.41, 5.74) is -0.287. The lowest BCUT2D eigenvalue weighted by atomic mass is 10.2. The van der Waals surface area contributed by atoms with Crippen molar-refractivity contribution in [3.63, 3.8) is 0 Å². The first-order chi connectivity index (χ1) is 9.79. The van der Waals surface area contributed by atoms with Gasteiger partial charge in [-0.25, -0.2) is 12.8 Å². The maximum atomic E-state index is 13.0. The molecule has 21 heavy (non-hydrogen) atoms. The lowest BCUT2D eigenvalue weighted by Crippen LogP contribution is -2.02. The van der Waals surface area contributed by atoms with Crippen LogP contribution in [0.3, 0.4) is 0 Å². The van der Waals surface area contributed by atoms with Gasteiger partial charge in [0.15, 0.2) is 5.75 Å². The monoisotopic (exact) mass is 339 g/mol. The number of hydrogen-bond donors (Lipinski definition) is 0. The molecule has 0 heterocycles. The Morgan fingerprint density at radius 1 is 1.24 bits per heavy atom. The fourth-order valence-corrected chi connectivity index (χ4v) is 2.54. The van der Waals surface area contributed by atoms with Crippen LogP contribution in [-0.2, 0) is 9.05 Å². The Morgan fingerprint density at radius 2 is 1.90 bits per heavy atom. The second-order valence-electron chi connectivity index (χ2n) is 4.37. The van der Waals surface area contributed by atoms with E-state index >= 15 is 0 Å². The molecule has 0 radical (unpaired) electrons. The number of benzene rings is 1. The second-order valence-corrected chi connectivity index (χ2v) is 7.27. The lowest BCUT2D eigenvalue weighted by Gasteiger charge is -2.06. The molecule has 1 aromatic rings. The second kappa shape index (κ2) is 8.14. The summed E-state index contributed by atoms with van der Waals surface area (Å²) in [6.07, 6.45) is 2.37. The SMILES string of the molecule is O=[N+]([O-])c1ccc(F)cc1OCCCCCCS(=O)(=O)Cl. The van der Waals surface area contributed by atoms with Gasteiger partial charge in [-0.2, -0.15) is 0 Å². The zero-order chi connectivity index (χ0) is 15.9. The zero-order valence-electron chi connectivity index (χ0n) is 11.1. The molecule has 0 aromatic heterocycles. The van der Waals surface area contributed by atoms with Crippen molar-refractivity contribution in [2.45, 2.75) is 25.7 Å². The molecule has 0 saturated heterocycles. The number of nitrogens with zero attached hydrogens (tertiary/aromatic N) is 1. The van der Waals surface area contributed by atoms with Crippen molar-refractivity contribution in [1.82, 2.24) is 0 Å². The highest BCUT2D eigenvalue weighted by Gasteiger charge is 2.15. The van der Waals surface area contributed by atoms with Gasteiger partial charge in [0.1, 0.15) is 5.82 Å². The largest absolute Gasteiger partial charge is 0.487 e. The van der Waals surface area contributed by atoms with Crippen LogP contribution >= 0.6 is 10.7 Å². The Bertz CT molecular complexity index is 593. The maximum Gasteiger partial charge on any atom is 0.311 e. The van der Waals surface area contributed by atoms with E-state index in [0.717, 1.165) is 18.2 Å². The van der Waals surface area contributed by atoms with E-state index in [-0.39, 0.29) is 23.8 Å². The van der Waals surface area contributed by atoms with Gasteiger partial charge in [-0.1, -0.05) is 12.8 Å². The topological polar surface area (TPSA) is 86.5 Å². The summed E-state index contributed by atoms with van der Waals surface area (Å²) in [4.78, 5) is 10.1. The van der Waals surface area contributed by atoms with Crippen molar-refractivity contribution in [3.8, 4) is 5.75 Å². The molecular weight excluding hydrogens is 325 g/mol. The van der Waals surface area contributed by atoms with Crippen LogP contribution < -0.4 is 4.74 Å². The fourth-order valence-electron chi connectivity index (χ4n) is 1.67. The molecule has 0 amide bonds. The first-order valence-corrected chi connectivity index (χ1v) is 8.76. The van der Waals surface area contributed by atoms with E-state index in [0.29, 0.717) is 25.7 Å². The highest BCUT2D eigenvalue weighted by Crippen LogP contribution is 2.27. The summed E-state index contributed by atoms with van der Waals surface area (Å²) in [6, 6.07) is 3.02. The molecule has 118 valence electrons. The van der Waals surface area contributed by atoms with Crippen molar-refractivity contribution < 1.29 is 22.5 Å². The number of nitro groups is 1. The molecule has 0 aliphatic heterocycles. The minimum Gasteiger partial charge on any atom is -0.487 e. The van der Waals surface area contributed by atoms with E-state index in [2.05, 4.69) is 0 Å². The molecule has 0 saturated carbocycles. The summed E-state index contributed by atoms with van der Waals surface area (Å²) in [7, 11) is 1.61. The van der Waals surface area contributed by atoms with Crippen LogP contribution in [0.25, 0.3) is 0 Å². The van der Waals surface area contributed by atoms with Crippen LogP contribution in [0, 0.1) is 15.9 Å². The van der Waals surface area contributed by atoms with Crippen molar-refractivity contribution in [3.05, 3.63) is 34.1 Å². The van der Waals surface area contributed by atoms with Gasteiger partial charge >= 0.3 is 5.69 Å². The highest BCUT2D eigenvalue weighted by atomic mass is 35.7. The molecule has 9 heteroatoms. The molecule has 0 aliphatic carbocycles. The van der Waals surface area contributed by atoms with E-state index in [1.54, 1.807) is 0 Å². The molecule has 0 N–H and O–H groups in total. The standard InChI is InChI=1S/C12H15ClFNO5S/c13-21(18,19)8-4-2-1-3-7-20-12-9-10(14)5-6-11(12)15(16)17/h5-6,9H,1-4,7-8H2. The van der Waals surface area contributed by atoms with E-state index in [1.807, 2.05) is 0 Å². The van der Waals surface area contributed by atoms with Gasteiger partial charge in [0, 0.05) is 22.8 Å². The van der Waals surface area contributed by atoms with E-state index in [4.69, 9.17) is 15.4 Å². The third-order valence-corrected chi connectivity index (χ3v) is 3.90. The third-order valence-electron chi connectivity index (χ3n) is 2.66. The normalized spacial score (nSPS) is 11.3. The van der Waals surface area contributed by atoms with Gasteiger partial charge in [0.25, 0.3) is 0 Å². The molecule has 1 rings (SSSR count). The van der Waals surface area contributed by atoms with Crippen molar-refractivity contribution in [1.29, 1.82) is 0 Å². The van der Waals surface area contributed by atoms with Crippen molar-refractivity contribution in [2.24, 2.45) is 0 Å². The molecule has 0 aliphatic rings. The first-order valence-electron chi connectivity index (χ1n) is 6.28. The van der Waals surface area contributed by atoms with Gasteiger partial charge in [-0.05, 0) is 18.9 Å². The molecule has 0 spiro atoms. The number of halogens is 2. The fraction of sp³-hybridized carbons (Fsp3) is 0.500. The number of ether oxygens (including phenoxy) is 1. The molecule has 1 aromatic carbocycles. The number of nitro benzene ring substituents is 1. The molecule has 0 atom stereocenters. The first kappa shape index (κ1) is 17.6. The van der Waals surface area contributed by atoms with E-state index in [9.17, 15) is 22.9 Å². The molecule has 6 nitrogen and oxygen atoms in total. The lowest BCUT2D eigenvalue weighted by molar-refractivity contribution is -0.385.